The van der Waals surface area contributed by atoms with E-state index >= 15 is 0 Å². The van der Waals surface area contributed by atoms with Gasteiger partial charge in [-0.2, -0.15) is 0 Å². The smallest absolute Gasteiger partial charge is 0.0547 e. The van der Waals surface area contributed by atoms with E-state index in [0.717, 1.165) is 37.6 Å². The lowest BCUT2D eigenvalue weighted by atomic mass is 9.95. The van der Waals surface area contributed by atoms with Crippen LogP contribution in [-0.4, -0.2) is 59.2 Å². The number of rotatable bonds is 5. The molecule has 0 bridgehead atoms. The Balaban J connectivity index is 1.56. The second-order valence-electron chi connectivity index (χ2n) is 7.03. The van der Waals surface area contributed by atoms with Gasteiger partial charge in [0.25, 0.3) is 0 Å². The maximum atomic E-state index is 9.73. The summed E-state index contributed by atoms with van der Waals surface area (Å²) in [7, 11) is 0. The molecular weight excluding hydrogens is 274 g/mol. The number of likely N-dealkylation sites (tertiary alicyclic amines) is 2. The van der Waals surface area contributed by atoms with Gasteiger partial charge in [-0.25, -0.2) is 0 Å². The number of aryl methyl sites for hydroxylation is 1. The van der Waals surface area contributed by atoms with Crippen LogP contribution in [0.1, 0.15) is 30.7 Å². The van der Waals surface area contributed by atoms with E-state index in [1.807, 2.05) is 13.0 Å². The van der Waals surface area contributed by atoms with Crippen molar-refractivity contribution in [3.63, 3.8) is 0 Å². The van der Waals surface area contributed by atoms with Crippen molar-refractivity contribution in [1.82, 2.24) is 14.8 Å². The van der Waals surface area contributed by atoms with Crippen LogP contribution in [0, 0.1) is 18.8 Å². The highest BCUT2D eigenvalue weighted by Gasteiger charge is 2.33. The fourth-order valence-electron chi connectivity index (χ4n) is 3.97. The molecule has 1 aromatic rings. The monoisotopic (exact) mass is 303 g/mol. The molecule has 0 amide bonds. The number of aliphatic hydroxyl groups is 1. The highest BCUT2D eigenvalue weighted by Crippen LogP contribution is 2.26. The summed E-state index contributed by atoms with van der Waals surface area (Å²) in [5.74, 6) is 1.03. The number of aliphatic hydroxyl groups excluding tert-OH is 1. The Labute approximate surface area is 134 Å². The quantitative estimate of drug-likeness (QED) is 0.902. The van der Waals surface area contributed by atoms with Crippen molar-refractivity contribution in [3.05, 3.63) is 29.6 Å². The molecule has 2 saturated heterocycles. The summed E-state index contributed by atoms with van der Waals surface area (Å²) in [6.45, 7) is 9.02. The molecule has 4 nitrogen and oxygen atoms in total. The zero-order valence-electron chi connectivity index (χ0n) is 13.7. The van der Waals surface area contributed by atoms with Gasteiger partial charge in [-0.1, -0.05) is 12.5 Å². The first kappa shape index (κ1) is 15.9. The predicted molar refractivity (Wildman–Crippen MR) is 88.6 cm³/mol. The van der Waals surface area contributed by atoms with Crippen molar-refractivity contribution in [1.29, 1.82) is 0 Å². The van der Waals surface area contributed by atoms with Crippen molar-refractivity contribution in [2.24, 2.45) is 11.8 Å². The maximum absolute atomic E-state index is 9.73. The standard InChI is InChI=1S/C18H29N3O/c1-15-6-5-7-18(19-15)13-21-11-16(17(12-21)14-22)10-20-8-3-2-4-9-20/h5-7,16-17,22H,2-4,8-14H2,1H3/t16-,17-/m1/s1. The van der Waals surface area contributed by atoms with Crippen molar-refractivity contribution < 1.29 is 5.11 Å². The van der Waals surface area contributed by atoms with Crippen molar-refractivity contribution in [2.75, 3.05) is 39.3 Å². The molecule has 0 unspecified atom stereocenters. The van der Waals surface area contributed by atoms with E-state index in [4.69, 9.17) is 0 Å². The molecule has 0 radical (unpaired) electrons. The van der Waals surface area contributed by atoms with Crippen LogP contribution in [0.3, 0.4) is 0 Å². The van der Waals surface area contributed by atoms with Crippen LogP contribution >= 0.6 is 0 Å². The number of piperidine rings is 1. The fourth-order valence-corrected chi connectivity index (χ4v) is 3.97. The van der Waals surface area contributed by atoms with Gasteiger partial charge in [-0.3, -0.25) is 9.88 Å². The van der Waals surface area contributed by atoms with Crippen molar-refractivity contribution >= 4 is 0 Å². The molecule has 1 aromatic heterocycles. The molecule has 3 heterocycles. The zero-order chi connectivity index (χ0) is 15.4. The predicted octanol–water partition coefficient (Wildman–Crippen LogP) is 1.92. The van der Waals surface area contributed by atoms with Gasteiger partial charge in [0.1, 0.15) is 0 Å². The molecule has 0 spiro atoms. The lowest BCUT2D eigenvalue weighted by molar-refractivity contribution is 0.149. The molecule has 2 atom stereocenters. The Morgan fingerprint density at radius 2 is 1.86 bits per heavy atom. The van der Waals surface area contributed by atoms with Gasteiger partial charge >= 0.3 is 0 Å². The summed E-state index contributed by atoms with van der Waals surface area (Å²) in [6, 6.07) is 6.24. The molecule has 0 aromatic carbocycles. The summed E-state index contributed by atoms with van der Waals surface area (Å²) in [5.41, 5.74) is 2.23. The molecule has 0 aliphatic carbocycles. The molecule has 122 valence electrons. The number of nitrogens with zero attached hydrogens (tertiary/aromatic N) is 3. The first-order valence-corrected chi connectivity index (χ1v) is 8.72. The second kappa shape index (κ2) is 7.53. The van der Waals surface area contributed by atoms with Crippen LogP contribution in [0.2, 0.25) is 0 Å². The lowest BCUT2D eigenvalue weighted by Crippen LogP contribution is -2.37. The third-order valence-corrected chi connectivity index (χ3v) is 5.16. The molecule has 3 rings (SSSR count). The van der Waals surface area contributed by atoms with Gasteiger partial charge in [0, 0.05) is 38.5 Å². The largest absolute Gasteiger partial charge is 0.396 e. The summed E-state index contributed by atoms with van der Waals surface area (Å²) < 4.78 is 0. The average Bonchev–Trinajstić information content (AvgIpc) is 2.90. The summed E-state index contributed by atoms with van der Waals surface area (Å²) >= 11 is 0. The van der Waals surface area contributed by atoms with E-state index in [0.29, 0.717) is 18.4 Å². The van der Waals surface area contributed by atoms with E-state index in [-0.39, 0.29) is 0 Å². The Hall–Kier alpha value is -0.970. The molecule has 22 heavy (non-hydrogen) atoms. The maximum Gasteiger partial charge on any atom is 0.0547 e. The molecular formula is C18H29N3O. The number of hydrogen-bond donors (Lipinski definition) is 1. The van der Waals surface area contributed by atoms with E-state index in [2.05, 4.69) is 26.9 Å². The minimum Gasteiger partial charge on any atom is -0.396 e. The Morgan fingerprint density at radius 1 is 1.09 bits per heavy atom. The third-order valence-electron chi connectivity index (χ3n) is 5.16. The van der Waals surface area contributed by atoms with Crippen molar-refractivity contribution in [3.8, 4) is 0 Å². The number of aromatic nitrogens is 1. The van der Waals surface area contributed by atoms with Crippen LogP contribution in [0.15, 0.2) is 18.2 Å². The average molecular weight is 303 g/mol. The van der Waals surface area contributed by atoms with E-state index in [9.17, 15) is 5.11 Å². The Kier molecular flexibility index (Phi) is 5.45. The minimum absolute atomic E-state index is 0.316. The van der Waals surface area contributed by atoms with Gasteiger partial charge in [0.15, 0.2) is 0 Å². The molecule has 2 fully saturated rings. The fraction of sp³-hybridized carbons (Fsp3) is 0.722. The van der Waals surface area contributed by atoms with Gasteiger partial charge < -0.3 is 10.0 Å². The first-order chi connectivity index (χ1) is 10.7. The highest BCUT2D eigenvalue weighted by atomic mass is 16.3. The lowest BCUT2D eigenvalue weighted by Gasteiger charge is -2.30. The molecule has 2 aliphatic heterocycles. The summed E-state index contributed by atoms with van der Waals surface area (Å²) in [5, 5.41) is 9.73. The van der Waals surface area contributed by atoms with E-state index < -0.39 is 0 Å². The molecule has 2 aliphatic rings. The van der Waals surface area contributed by atoms with Crippen LogP contribution in [0.25, 0.3) is 0 Å². The highest BCUT2D eigenvalue weighted by molar-refractivity contribution is 5.10. The molecule has 1 N–H and O–H groups in total. The van der Waals surface area contributed by atoms with Crippen LogP contribution in [0.5, 0.6) is 0 Å². The van der Waals surface area contributed by atoms with Crippen LogP contribution in [0.4, 0.5) is 0 Å². The number of hydrogen-bond acceptors (Lipinski definition) is 4. The third kappa shape index (κ3) is 4.06. The zero-order valence-corrected chi connectivity index (χ0v) is 13.7. The van der Waals surface area contributed by atoms with E-state index in [1.54, 1.807) is 0 Å². The Morgan fingerprint density at radius 3 is 2.59 bits per heavy atom. The van der Waals surface area contributed by atoms with Crippen LogP contribution in [-0.2, 0) is 6.54 Å². The SMILES string of the molecule is Cc1cccc(CN2C[C@@H](CN3CCCCC3)[C@@H](CO)C2)n1. The normalized spacial score (nSPS) is 27.4. The Bertz CT molecular complexity index is 473. The van der Waals surface area contributed by atoms with Gasteiger partial charge in [-0.15, -0.1) is 0 Å². The molecule has 4 heteroatoms. The van der Waals surface area contributed by atoms with Crippen LogP contribution < -0.4 is 0 Å². The minimum atomic E-state index is 0.316. The first-order valence-electron chi connectivity index (χ1n) is 8.72. The summed E-state index contributed by atoms with van der Waals surface area (Å²) in [6.07, 6.45) is 4.07. The molecule has 0 saturated carbocycles. The van der Waals surface area contributed by atoms with Gasteiger partial charge in [-0.05, 0) is 56.8 Å². The summed E-state index contributed by atoms with van der Waals surface area (Å²) in [4.78, 5) is 9.69. The van der Waals surface area contributed by atoms with Crippen molar-refractivity contribution in [2.45, 2.75) is 32.7 Å². The van der Waals surface area contributed by atoms with Gasteiger partial charge in [0.05, 0.1) is 5.69 Å². The number of pyridine rings is 1. The topological polar surface area (TPSA) is 39.6 Å². The van der Waals surface area contributed by atoms with E-state index in [1.165, 1.54) is 32.4 Å². The second-order valence-corrected chi connectivity index (χ2v) is 7.03. The van der Waals surface area contributed by atoms with Gasteiger partial charge in [0.2, 0.25) is 0 Å².